The van der Waals surface area contributed by atoms with Crippen molar-refractivity contribution in [2.45, 2.75) is 32.6 Å². The Morgan fingerprint density at radius 3 is 2.86 bits per heavy atom. The van der Waals surface area contributed by atoms with Gasteiger partial charge in [-0.25, -0.2) is 0 Å². The number of carbonyl (C=O) groups excluding carboxylic acids is 1. The molecule has 2 atom stereocenters. The highest BCUT2D eigenvalue weighted by Gasteiger charge is 2.35. The second-order valence-corrected chi connectivity index (χ2v) is 4.10. The van der Waals surface area contributed by atoms with E-state index in [0.29, 0.717) is 0 Å². The van der Waals surface area contributed by atoms with Crippen LogP contribution in [0, 0.1) is 23.2 Å². The van der Waals surface area contributed by atoms with Gasteiger partial charge < -0.3 is 5.32 Å². The summed E-state index contributed by atoms with van der Waals surface area (Å²) in [5.74, 6) is -0.475. The molecular weight excluding hydrogens is 176 g/mol. The van der Waals surface area contributed by atoms with Crippen molar-refractivity contribution < 1.29 is 4.79 Å². The van der Waals surface area contributed by atoms with Gasteiger partial charge in [-0.05, 0) is 31.3 Å². The molecule has 74 valence electrons. The monoisotopic (exact) mass is 190 g/mol. The molecule has 3 nitrogen and oxygen atoms in total. The Balaban J connectivity index is 2.33. The van der Waals surface area contributed by atoms with Gasteiger partial charge in [0, 0.05) is 11.6 Å². The van der Waals surface area contributed by atoms with Gasteiger partial charge in [-0.3, -0.25) is 4.79 Å². The highest BCUT2D eigenvalue weighted by atomic mass is 16.2. The molecule has 0 bridgehead atoms. The molecule has 0 aromatic carbocycles. The third kappa shape index (κ3) is 1.31. The average Bonchev–Trinajstić information content (AvgIpc) is 2.18. The molecule has 0 saturated carbocycles. The van der Waals surface area contributed by atoms with E-state index < -0.39 is 5.92 Å². The summed E-state index contributed by atoms with van der Waals surface area (Å²) in [6, 6.07) is 2.09. The van der Waals surface area contributed by atoms with Crippen molar-refractivity contribution >= 4 is 5.91 Å². The standard InChI is InChI=1S/C11H14N2O/c1-7-8-4-2-3-5-10(8)13-11(14)9(7)6-12/h7,9H,2-5H2,1H3,(H,13,14). The summed E-state index contributed by atoms with van der Waals surface area (Å²) < 4.78 is 0. The van der Waals surface area contributed by atoms with Crippen molar-refractivity contribution in [3.63, 3.8) is 0 Å². The number of nitriles is 1. The Morgan fingerprint density at radius 2 is 2.14 bits per heavy atom. The molecule has 3 heteroatoms. The molecule has 0 fully saturated rings. The van der Waals surface area contributed by atoms with Crippen LogP contribution in [0.5, 0.6) is 0 Å². The Hall–Kier alpha value is -1.30. The first kappa shape index (κ1) is 9.26. The summed E-state index contributed by atoms with van der Waals surface area (Å²) in [6.45, 7) is 1.99. The highest BCUT2D eigenvalue weighted by Crippen LogP contribution is 2.35. The van der Waals surface area contributed by atoms with Crippen LogP contribution in [0.15, 0.2) is 11.3 Å². The Morgan fingerprint density at radius 1 is 1.43 bits per heavy atom. The number of carbonyl (C=O) groups is 1. The fourth-order valence-corrected chi connectivity index (χ4v) is 2.40. The van der Waals surface area contributed by atoms with Crippen molar-refractivity contribution in [1.82, 2.24) is 5.32 Å². The largest absolute Gasteiger partial charge is 0.329 e. The van der Waals surface area contributed by atoms with E-state index in [-0.39, 0.29) is 11.8 Å². The van der Waals surface area contributed by atoms with E-state index in [4.69, 9.17) is 5.26 Å². The van der Waals surface area contributed by atoms with Gasteiger partial charge in [0.2, 0.25) is 5.91 Å². The van der Waals surface area contributed by atoms with Crippen molar-refractivity contribution in [3.8, 4) is 6.07 Å². The van der Waals surface area contributed by atoms with Crippen LogP contribution in [0.4, 0.5) is 0 Å². The minimum absolute atomic E-state index is 0.111. The van der Waals surface area contributed by atoms with E-state index >= 15 is 0 Å². The second-order valence-electron chi connectivity index (χ2n) is 4.10. The van der Waals surface area contributed by atoms with Crippen molar-refractivity contribution in [2.24, 2.45) is 11.8 Å². The van der Waals surface area contributed by atoms with E-state index in [0.717, 1.165) is 25.0 Å². The van der Waals surface area contributed by atoms with Crippen LogP contribution < -0.4 is 5.32 Å². The van der Waals surface area contributed by atoms with Gasteiger partial charge in [-0.15, -0.1) is 0 Å². The number of amides is 1. The first-order valence-corrected chi connectivity index (χ1v) is 5.16. The van der Waals surface area contributed by atoms with Gasteiger partial charge >= 0.3 is 0 Å². The van der Waals surface area contributed by atoms with Gasteiger partial charge in [0.1, 0.15) is 5.92 Å². The molecule has 14 heavy (non-hydrogen) atoms. The van der Waals surface area contributed by atoms with Crippen LogP contribution in [0.3, 0.4) is 0 Å². The zero-order valence-electron chi connectivity index (χ0n) is 8.34. The number of nitrogens with one attached hydrogen (secondary N) is 1. The topological polar surface area (TPSA) is 52.9 Å². The minimum Gasteiger partial charge on any atom is -0.329 e. The summed E-state index contributed by atoms with van der Waals surface area (Å²) in [4.78, 5) is 11.5. The summed E-state index contributed by atoms with van der Waals surface area (Å²) in [5.41, 5.74) is 2.41. The van der Waals surface area contributed by atoms with Crippen LogP contribution in [0.25, 0.3) is 0 Å². The SMILES string of the molecule is CC1C2=C(CCCC2)NC(=O)C1C#N. The minimum atomic E-state index is -0.480. The Kier molecular flexibility index (Phi) is 2.28. The Labute approximate surface area is 83.8 Å². The lowest BCUT2D eigenvalue weighted by atomic mass is 9.78. The highest BCUT2D eigenvalue weighted by molar-refractivity contribution is 5.85. The summed E-state index contributed by atoms with van der Waals surface area (Å²) in [7, 11) is 0. The molecule has 2 aliphatic rings. The molecule has 1 amide bonds. The number of rotatable bonds is 0. The van der Waals surface area contributed by atoms with Gasteiger partial charge in [0.05, 0.1) is 6.07 Å². The molecule has 2 unspecified atom stereocenters. The van der Waals surface area contributed by atoms with E-state index in [1.54, 1.807) is 0 Å². The number of hydrogen-bond acceptors (Lipinski definition) is 2. The fourth-order valence-electron chi connectivity index (χ4n) is 2.40. The number of allylic oxidation sites excluding steroid dienone is 2. The quantitative estimate of drug-likeness (QED) is 0.632. The van der Waals surface area contributed by atoms with Crippen molar-refractivity contribution in [3.05, 3.63) is 11.3 Å². The molecular formula is C11H14N2O. The summed E-state index contributed by atoms with van der Waals surface area (Å²) in [5, 5.41) is 11.8. The molecule has 0 saturated heterocycles. The second kappa shape index (κ2) is 3.45. The van der Waals surface area contributed by atoms with Crippen molar-refractivity contribution in [2.75, 3.05) is 0 Å². The normalized spacial score (nSPS) is 31.9. The maximum atomic E-state index is 11.5. The smallest absolute Gasteiger partial charge is 0.242 e. The maximum Gasteiger partial charge on any atom is 0.242 e. The summed E-state index contributed by atoms with van der Waals surface area (Å²) in [6.07, 6.45) is 4.37. The first-order valence-electron chi connectivity index (χ1n) is 5.16. The predicted molar refractivity (Wildman–Crippen MR) is 51.9 cm³/mol. The maximum absolute atomic E-state index is 11.5. The fraction of sp³-hybridized carbons (Fsp3) is 0.636. The third-order valence-electron chi connectivity index (χ3n) is 3.26. The lowest BCUT2D eigenvalue weighted by Gasteiger charge is -2.32. The lowest BCUT2D eigenvalue weighted by molar-refractivity contribution is -0.124. The number of nitrogens with zero attached hydrogens (tertiary/aromatic N) is 1. The van der Waals surface area contributed by atoms with E-state index in [1.165, 1.54) is 12.0 Å². The van der Waals surface area contributed by atoms with Gasteiger partial charge in [0.15, 0.2) is 0 Å². The van der Waals surface area contributed by atoms with E-state index in [9.17, 15) is 4.79 Å². The van der Waals surface area contributed by atoms with Crippen LogP contribution in [0.2, 0.25) is 0 Å². The van der Waals surface area contributed by atoms with Gasteiger partial charge in [-0.2, -0.15) is 5.26 Å². The molecule has 1 N–H and O–H groups in total. The zero-order chi connectivity index (χ0) is 10.1. The predicted octanol–water partition coefficient (Wildman–Crippen LogP) is 1.72. The molecule has 1 heterocycles. The van der Waals surface area contributed by atoms with E-state index in [2.05, 4.69) is 11.4 Å². The van der Waals surface area contributed by atoms with Crippen LogP contribution in [0.1, 0.15) is 32.6 Å². The van der Waals surface area contributed by atoms with E-state index in [1.807, 2.05) is 6.92 Å². The average molecular weight is 190 g/mol. The van der Waals surface area contributed by atoms with Gasteiger partial charge in [-0.1, -0.05) is 6.92 Å². The zero-order valence-corrected chi connectivity index (χ0v) is 8.34. The van der Waals surface area contributed by atoms with Crippen LogP contribution in [-0.2, 0) is 4.79 Å². The van der Waals surface area contributed by atoms with Gasteiger partial charge in [0.25, 0.3) is 0 Å². The molecule has 0 aromatic rings. The molecule has 0 spiro atoms. The Bertz CT molecular complexity index is 338. The number of hydrogen-bond donors (Lipinski definition) is 1. The molecule has 2 rings (SSSR count). The third-order valence-corrected chi connectivity index (χ3v) is 3.26. The van der Waals surface area contributed by atoms with Crippen LogP contribution >= 0.6 is 0 Å². The molecule has 1 aliphatic heterocycles. The molecule has 1 aliphatic carbocycles. The first-order chi connectivity index (χ1) is 6.74. The molecule has 0 aromatic heterocycles. The summed E-state index contributed by atoms with van der Waals surface area (Å²) >= 11 is 0. The van der Waals surface area contributed by atoms with Crippen LogP contribution in [-0.4, -0.2) is 5.91 Å². The molecule has 0 radical (unpaired) electrons. The lowest BCUT2D eigenvalue weighted by Crippen LogP contribution is -2.40. The van der Waals surface area contributed by atoms with Crippen molar-refractivity contribution in [1.29, 1.82) is 5.26 Å².